The highest BCUT2D eigenvalue weighted by Gasteiger charge is 2.27. The van der Waals surface area contributed by atoms with Crippen LogP contribution in [0.3, 0.4) is 0 Å². The topological polar surface area (TPSA) is 109 Å². The van der Waals surface area contributed by atoms with Gasteiger partial charge in [-0.05, 0) is 46.2 Å². The van der Waals surface area contributed by atoms with E-state index in [4.69, 9.17) is 19.4 Å². The molecular formula is C22H29N7O3. The normalized spacial score (nSPS) is 14.7. The summed E-state index contributed by atoms with van der Waals surface area (Å²) in [6.07, 6.45) is 1.42. The molecule has 10 heteroatoms. The van der Waals surface area contributed by atoms with E-state index in [9.17, 15) is 4.79 Å². The van der Waals surface area contributed by atoms with Crippen molar-refractivity contribution in [3.8, 4) is 17.3 Å². The van der Waals surface area contributed by atoms with Crippen molar-refractivity contribution in [2.75, 3.05) is 38.2 Å². The average molecular weight is 440 g/mol. The van der Waals surface area contributed by atoms with E-state index in [1.54, 1.807) is 18.2 Å². The third-order valence-electron chi connectivity index (χ3n) is 5.29. The molecule has 0 bridgehead atoms. The summed E-state index contributed by atoms with van der Waals surface area (Å²) in [5, 5.41) is 0. The predicted molar refractivity (Wildman–Crippen MR) is 121 cm³/mol. The molecule has 0 aromatic carbocycles. The van der Waals surface area contributed by atoms with Crippen LogP contribution >= 0.6 is 0 Å². The van der Waals surface area contributed by atoms with Crippen molar-refractivity contribution >= 4 is 23.2 Å². The number of amides is 1. The Morgan fingerprint density at radius 1 is 1.09 bits per heavy atom. The summed E-state index contributed by atoms with van der Waals surface area (Å²) in [5.41, 5.74) is 3.47. The summed E-state index contributed by atoms with van der Waals surface area (Å²) in [4.78, 5) is 37.8. The fourth-order valence-electron chi connectivity index (χ4n) is 3.67. The van der Waals surface area contributed by atoms with Crippen molar-refractivity contribution in [1.29, 1.82) is 0 Å². The SMILES string of the molecule is COc1nccc(C)c1-c1nc2nc(N3CCN(C(=O)OC(C)(C)C)CC3)nc(C)c2[nH]1. The maximum absolute atomic E-state index is 12.3. The average Bonchev–Trinajstić information content (AvgIpc) is 3.16. The number of methoxy groups -OCH3 is 1. The second-order valence-corrected chi connectivity index (χ2v) is 8.86. The molecule has 1 amide bonds. The Hall–Kier alpha value is -3.43. The molecule has 0 aliphatic carbocycles. The lowest BCUT2D eigenvalue weighted by atomic mass is 10.1. The van der Waals surface area contributed by atoms with E-state index in [1.165, 1.54) is 0 Å². The molecular weight excluding hydrogens is 410 g/mol. The van der Waals surface area contributed by atoms with Crippen LogP contribution in [0, 0.1) is 13.8 Å². The van der Waals surface area contributed by atoms with Gasteiger partial charge in [-0.1, -0.05) is 0 Å². The van der Waals surface area contributed by atoms with Crippen LogP contribution in [0.4, 0.5) is 10.7 Å². The lowest BCUT2D eigenvalue weighted by molar-refractivity contribution is 0.0240. The van der Waals surface area contributed by atoms with E-state index in [-0.39, 0.29) is 6.09 Å². The molecule has 1 aliphatic rings. The molecule has 0 radical (unpaired) electrons. The van der Waals surface area contributed by atoms with E-state index in [1.807, 2.05) is 40.7 Å². The van der Waals surface area contributed by atoms with Crippen molar-refractivity contribution in [2.45, 2.75) is 40.2 Å². The number of hydrogen-bond acceptors (Lipinski definition) is 8. The highest BCUT2D eigenvalue weighted by atomic mass is 16.6. The summed E-state index contributed by atoms with van der Waals surface area (Å²) in [6.45, 7) is 11.9. The van der Waals surface area contributed by atoms with E-state index in [0.717, 1.165) is 22.3 Å². The number of pyridine rings is 1. The number of H-pyrrole nitrogens is 1. The Kier molecular flexibility index (Phi) is 5.62. The zero-order valence-electron chi connectivity index (χ0n) is 19.4. The molecule has 32 heavy (non-hydrogen) atoms. The fourth-order valence-corrected chi connectivity index (χ4v) is 3.67. The number of hydrogen-bond donors (Lipinski definition) is 1. The van der Waals surface area contributed by atoms with Crippen molar-refractivity contribution in [3.05, 3.63) is 23.5 Å². The van der Waals surface area contributed by atoms with E-state index < -0.39 is 5.60 Å². The highest BCUT2D eigenvalue weighted by Crippen LogP contribution is 2.31. The van der Waals surface area contributed by atoms with Crippen LogP contribution in [0.5, 0.6) is 5.88 Å². The molecule has 0 atom stereocenters. The first-order chi connectivity index (χ1) is 15.2. The van der Waals surface area contributed by atoms with Crippen LogP contribution in [-0.2, 0) is 4.74 Å². The van der Waals surface area contributed by atoms with Crippen LogP contribution in [0.1, 0.15) is 32.0 Å². The Morgan fingerprint density at radius 2 is 1.81 bits per heavy atom. The highest BCUT2D eigenvalue weighted by molar-refractivity contribution is 5.81. The molecule has 0 unspecified atom stereocenters. The largest absolute Gasteiger partial charge is 0.480 e. The summed E-state index contributed by atoms with van der Waals surface area (Å²) in [5.74, 6) is 1.76. The molecule has 3 aromatic rings. The molecule has 1 N–H and O–H groups in total. The van der Waals surface area contributed by atoms with E-state index in [2.05, 4.69) is 19.9 Å². The number of carbonyl (C=O) groups is 1. The van der Waals surface area contributed by atoms with Crippen LogP contribution in [0.2, 0.25) is 0 Å². The Labute approximate surface area is 187 Å². The Morgan fingerprint density at radius 3 is 2.47 bits per heavy atom. The van der Waals surface area contributed by atoms with Crippen LogP contribution < -0.4 is 9.64 Å². The van der Waals surface area contributed by atoms with Crippen LogP contribution in [0.25, 0.3) is 22.6 Å². The number of piperazine rings is 1. The lowest BCUT2D eigenvalue weighted by Crippen LogP contribution is -2.50. The van der Waals surface area contributed by atoms with Crippen molar-refractivity contribution in [3.63, 3.8) is 0 Å². The van der Waals surface area contributed by atoms with Crippen LogP contribution in [0.15, 0.2) is 12.3 Å². The Bertz CT molecular complexity index is 1140. The van der Waals surface area contributed by atoms with E-state index >= 15 is 0 Å². The molecule has 3 aromatic heterocycles. The standard InChI is InChI=1S/C22H29N7O3/c1-13-7-8-23-19(31-6)15(13)17-25-16-14(2)24-20(27-18(16)26-17)28-9-11-29(12-10-28)21(30)32-22(3,4)5/h7-8H,9-12H2,1-6H3,(H,24,25,26,27). The maximum Gasteiger partial charge on any atom is 0.410 e. The Balaban J connectivity index is 1.57. The van der Waals surface area contributed by atoms with Gasteiger partial charge in [-0.25, -0.2) is 19.7 Å². The number of imidazole rings is 1. The van der Waals surface area contributed by atoms with Gasteiger partial charge in [0.1, 0.15) is 16.9 Å². The summed E-state index contributed by atoms with van der Waals surface area (Å²) >= 11 is 0. The quantitative estimate of drug-likeness (QED) is 0.663. The molecule has 1 aliphatic heterocycles. The first-order valence-corrected chi connectivity index (χ1v) is 10.6. The predicted octanol–water partition coefficient (Wildman–Crippen LogP) is 3.10. The second kappa shape index (κ2) is 8.25. The van der Waals surface area contributed by atoms with Crippen LogP contribution in [-0.4, -0.2) is 74.8 Å². The first-order valence-electron chi connectivity index (χ1n) is 10.6. The number of anilines is 1. The number of carbonyl (C=O) groups excluding carboxylic acids is 1. The second-order valence-electron chi connectivity index (χ2n) is 8.86. The fraction of sp³-hybridized carbons (Fsp3) is 0.500. The molecule has 1 fully saturated rings. The number of rotatable bonds is 3. The van der Waals surface area contributed by atoms with Gasteiger partial charge in [0, 0.05) is 32.4 Å². The van der Waals surface area contributed by atoms with E-state index in [0.29, 0.717) is 49.5 Å². The van der Waals surface area contributed by atoms with Gasteiger partial charge in [0.2, 0.25) is 11.8 Å². The molecule has 0 spiro atoms. The van der Waals surface area contributed by atoms with Gasteiger partial charge in [-0.3, -0.25) is 0 Å². The maximum atomic E-state index is 12.3. The molecule has 4 rings (SSSR count). The number of ether oxygens (including phenoxy) is 2. The number of aromatic nitrogens is 5. The molecule has 10 nitrogen and oxygen atoms in total. The molecule has 0 saturated carbocycles. The first kappa shape index (κ1) is 21.8. The third kappa shape index (κ3) is 4.30. The minimum atomic E-state index is -0.507. The van der Waals surface area contributed by atoms with Crippen molar-refractivity contribution < 1.29 is 14.3 Å². The van der Waals surface area contributed by atoms with Gasteiger partial charge in [0.25, 0.3) is 0 Å². The zero-order valence-corrected chi connectivity index (χ0v) is 19.4. The van der Waals surface area contributed by atoms with Crippen molar-refractivity contribution in [1.82, 2.24) is 29.8 Å². The number of aryl methyl sites for hydroxylation is 2. The van der Waals surface area contributed by atoms with Gasteiger partial charge < -0.3 is 24.3 Å². The van der Waals surface area contributed by atoms with Gasteiger partial charge in [0.15, 0.2) is 5.65 Å². The molecule has 170 valence electrons. The number of fused-ring (bicyclic) bond motifs is 1. The summed E-state index contributed by atoms with van der Waals surface area (Å²) in [7, 11) is 1.59. The molecule has 1 saturated heterocycles. The minimum Gasteiger partial charge on any atom is -0.480 e. The summed E-state index contributed by atoms with van der Waals surface area (Å²) < 4.78 is 10.9. The third-order valence-corrected chi connectivity index (χ3v) is 5.29. The summed E-state index contributed by atoms with van der Waals surface area (Å²) in [6, 6.07) is 1.92. The number of nitrogens with one attached hydrogen (secondary N) is 1. The monoisotopic (exact) mass is 439 g/mol. The van der Waals surface area contributed by atoms with Gasteiger partial charge >= 0.3 is 6.09 Å². The van der Waals surface area contributed by atoms with Gasteiger partial charge in [-0.15, -0.1) is 0 Å². The van der Waals surface area contributed by atoms with Crippen molar-refractivity contribution in [2.24, 2.45) is 0 Å². The minimum absolute atomic E-state index is 0.289. The zero-order chi connectivity index (χ0) is 23.0. The number of aromatic amines is 1. The smallest absolute Gasteiger partial charge is 0.410 e. The van der Waals surface area contributed by atoms with Gasteiger partial charge in [-0.2, -0.15) is 4.98 Å². The number of nitrogens with zero attached hydrogens (tertiary/aromatic N) is 6. The van der Waals surface area contributed by atoms with Gasteiger partial charge in [0.05, 0.1) is 18.4 Å². The molecule has 4 heterocycles. The lowest BCUT2D eigenvalue weighted by Gasteiger charge is -2.35.